The summed E-state index contributed by atoms with van der Waals surface area (Å²) in [4.78, 5) is 10.7. The Balaban J connectivity index is 0.00000162. The smallest absolute Gasteiger partial charge is 0.787 e. The molecule has 0 aliphatic carbocycles. The molecule has 0 unspecified atom stereocenters. The number of hydroxylamine groups is 1. The molecule has 0 radical (unpaired) electrons. The Morgan fingerprint density at radius 3 is 2.50 bits per heavy atom. The van der Waals surface area contributed by atoms with Gasteiger partial charge >= 0.3 is 35.5 Å². The van der Waals surface area contributed by atoms with E-state index in [9.17, 15) is 10.0 Å². The molecule has 0 fully saturated rings. The van der Waals surface area contributed by atoms with Crippen molar-refractivity contribution in [1.29, 1.82) is 0 Å². The molecule has 0 aliphatic rings. The van der Waals surface area contributed by atoms with Gasteiger partial charge in [0.2, 0.25) is 0 Å². The summed E-state index contributed by atoms with van der Waals surface area (Å²) in [6.45, 7) is 0. The van der Waals surface area contributed by atoms with Gasteiger partial charge in [0.25, 0.3) is 0 Å². The molecule has 0 amide bonds. The third-order valence-electron chi connectivity index (χ3n) is 2.69. The summed E-state index contributed by atoms with van der Waals surface area (Å²) in [7, 11) is 0. The number of hydrogen-bond acceptors (Lipinski definition) is 3. The number of hydrogen-bond donors (Lipinski definition) is 2. The van der Waals surface area contributed by atoms with Crippen LogP contribution in [0.25, 0.3) is 10.8 Å². The molecular weight excluding hydrogens is 241 g/mol. The second-order valence-electron chi connectivity index (χ2n) is 3.89. The topological polar surface area (TPSA) is 72.4 Å². The molecule has 4 nitrogen and oxygen atoms in total. The molecule has 0 bridgehead atoms. The Labute approximate surface area is 127 Å². The molecule has 0 aliphatic heterocycles. The summed E-state index contributed by atoms with van der Waals surface area (Å²) in [5.41, 5.74) is 2.38. The zero-order chi connectivity index (χ0) is 12.3. The number of carboxylic acid groups (broad SMARTS) is 1. The van der Waals surface area contributed by atoms with Crippen molar-refractivity contribution in [3.05, 3.63) is 53.2 Å². The number of rotatable bonds is 4. The van der Waals surface area contributed by atoms with Gasteiger partial charge in [-0.1, -0.05) is 42.5 Å². The third kappa shape index (κ3) is 3.54. The Bertz CT molecular complexity index is 545. The predicted molar refractivity (Wildman–Crippen MR) is 65.6 cm³/mol. The fourth-order valence-corrected chi connectivity index (χ4v) is 1.78. The second kappa shape index (κ2) is 6.87. The Morgan fingerprint density at radius 1 is 1.22 bits per heavy atom. The maximum absolute atomic E-state index is 10.7. The molecule has 0 saturated heterocycles. The van der Waals surface area contributed by atoms with Crippen LogP contribution in [0.4, 0.5) is 0 Å². The van der Waals surface area contributed by atoms with Gasteiger partial charge in [0, 0.05) is 0 Å². The first-order valence-electron chi connectivity index (χ1n) is 5.29. The summed E-state index contributed by atoms with van der Waals surface area (Å²) in [6.07, 6.45) is 0.184. The van der Waals surface area contributed by atoms with Gasteiger partial charge in [0.05, 0.1) is 6.04 Å². The van der Waals surface area contributed by atoms with Crippen molar-refractivity contribution in [2.75, 3.05) is 0 Å². The molecule has 5 heteroatoms. The van der Waals surface area contributed by atoms with E-state index in [1.54, 1.807) is 5.48 Å². The third-order valence-corrected chi connectivity index (χ3v) is 2.69. The average molecular weight is 253 g/mol. The van der Waals surface area contributed by atoms with Gasteiger partial charge in [-0.15, -0.1) is 0 Å². The van der Waals surface area contributed by atoms with E-state index in [1.165, 1.54) is 0 Å². The summed E-state index contributed by atoms with van der Waals surface area (Å²) >= 11 is 0. The Morgan fingerprint density at radius 2 is 1.89 bits per heavy atom. The number of nitrogens with one attached hydrogen (secondary N) is 1. The van der Waals surface area contributed by atoms with Crippen LogP contribution in [0.5, 0.6) is 0 Å². The number of carbonyl (C=O) groups is 1. The maximum Gasteiger partial charge on any atom is 1.00 e. The van der Waals surface area contributed by atoms with E-state index in [2.05, 4.69) is 0 Å². The Hall–Kier alpha value is -0.910. The van der Waals surface area contributed by atoms with Crippen LogP contribution < -0.4 is 35.0 Å². The van der Waals surface area contributed by atoms with Crippen LogP contribution >= 0.6 is 0 Å². The molecular formula is C13H12NNaO3. The van der Waals surface area contributed by atoms with Gasteiger partial charge in [0.15, 0.2) is 0 Å². The van der Waals surface area contributed by atoms with Crippen LogP contribution in [0, 0.1) is 5.21 Å². The van der Waals surface area contributed by atoms with Crippen LogP contribution in [-0.2, 0) is 11.2 Å². The van der Waals surface area contributed by atoms with Crippen molar-refractivity contribution in [1.82, 2.24) is 5.48 Å². The van der Waals surface area contributed by atoms with Crippen LogP contribution in [0.3, 0.4) is 0 Å². The van der Waals surface area contributed by atoms with Crippen molar-refractivity contribution < 1.29 is 39.5 Å². The van der Waals surface area contributed by atoms with Gasteiger partial charge in [-0.3, -0.25) is 4.79 Å². The molecule has 2 aromatic rings. The minimum absolute atomic E-state index is 0. The van der Waals surface area contributed by atoms with Crippen molar-refractivity contribution >= 4 is 16.7 Å². The zero-order valence-electron chi connectivity index (χ0n) is 10.1. The van der Waals surface area contributed by atoms with Crippen molar-refractivity contribution in [3.8, 4) is 0 Å². The second-order valence-corrected chi connectivity index (χ2v) is 3.89. The first-order chi connectivity index (χ1) is 8.20. The number of carboxylic acids is 1. The molecule has 0 saturated carbocycles. The molecule has 0 spiro atoms. The molecule has 88 valence electrons. The largest absolute Gasteiger partial charge is 1.00 e. The number of fused-ring (bicyclic) bond motifs is 1. The first-order valence-corrected chi connectivity index (χ1v) is 5.29. The van der Waals surface area contributed by atoms with Crippen molar-refractivity contribution in [2.45, 2.75) is 12.5 Å². The first kappa shape index (κ1) is 15.1. The van der Waals surface area contributed by atoms with Gasteiger partial charge < -0.3 is 15.8 Å². The summed E-state index contributed by atoms with van der Waals surface area (Å²) in [5.74, 6) is -1.13. The molecule has 1 atom stereocenters. The van der Waals surface area contributed by atoms with E-state index in [0.29, 0.717) is 0 Å². The molecule has 2 N–H and O–H groups in total. The van der Waals surface area contributed by atoms with Crippen LogP contribution in [-0.4, -0.2) is 17.1 Å². The quantitative estimate of drug-likeness (QED) is 0.537. The summed E-state index contributed by atoms with van der Waals surface area (Å²) < 4.78 is 0. The van der Waals surface area contributed by atoms with E-state index in [-0.39, 0.29) is 36.0 Å². The average Bonchev–Trinajstić information content (AvgIpc) is 2.35. The van der Waals surface area contributed by atoms with Gasteiger partial charge in [-0.2, -0.15) is 0 Å². The summed E-state index contributed by atoms with van der Waals surface area (Å²) in [6, 6.07) is 12.4. The SMILES string of the molecule is O=C(O)[C@H](Cc1ccc2ccccc2c1)N[O-].[Na+]. The monoisotopic (exact) mass is 253 g/mol. The van der Waals surface area contributed by atoms with E-state index in [0.717, 1.165) is 16.3 Å². The van der Waals surface area contributed by atoms with Crippen molar-refractivity contribution in [3.63, 3.8) is 0 Å². The number of aliphatic carboxylic acids is 1. The minimum Gasteiger partial charge on any atom is -0.787 e. The Kier molecular flexibility index (Phi) is 5.78. The van der Waals surface area contributed by atoms with E-state index < -0.39 is 12.0 Å². The maximum atomic E-state index is 10.7. The minimum atomic E-state index is -1.13. The molecule has 0 heterocycles. The van der Waals surface area contributed by atoms with Crippen LogP contribution in [0.15, 0.2) is 42.5 Å². The van der Waals surface area contributed by atoms with Crippen LogP contribution in [0.2, 0.25) is 0 Å². The normalized spacial score (nSPS) is 11.8. The van der Waals surface area contributed by atoms with Gasteiger partial charge in [0.1, 0.15) is 0 Å². The standard InChI is InChI=1S/C13H12NO3.Na/c15-13(16)12(14-17)8-9-5-6-10-3-1-2-4-11(10)7-9;/h1-7,12,14H,8H2,(H,15,16);/q-1;+1/t12-;/m0./s1. The fourth-order valence-electron chi connectivity index (χ4n) is 1.78. The van der Waals surface area contributed by atoms with E-state index in [1.807, 2.05) is 42.5 Å². The fraction of sp³-hybridized carbons (Fsp3) is 0.154. The summed E-state index contributed by atoms with van der Waals surface area (Å²) in [5, 5.41) is 21.4. The van der Waals surface area contributed by atoms with Crippen LogP contribution in [0.1, 0.15) is 5.56 Å². The van der Waals surface area contributed by atoms with E-state index in [4.69, 9.17) is 5.11 Å². The molecule has 2 rings (SSSR count). The van der Waals surface area contributed by atoms with Gasteiger partial charge in [-0.25, -0.2) is 0 Å². The van der Waals surface area contributed by atoms with E-state index >= 15 is 0 Å². The number of benzene rings is 2. The van der Waals surface area contributed by atoms with Crippen molar-refractivity contribution in [2.24, 2.45) is 0 Å². The molecule has 18 heavy (non-hydrogen) atoms. The predicted octanol–water partition coefficient (Wildman–Crippen LogP) is -1.07. The molecule has 2 aromatic carbocycles. The van der Waals surface area contributed by atoms with Gasteiger partial charge in [-0.05, 0) is 22.8 Å². The zero-order valence-corrected chi connectivity index (χ0v) is 12.1. The molecule has 0 aromatic heterocycles.